The highest BCUT2D eigenvalue weighted by Crippen LogP contribution is 2.29. The quantitative estimate of drug-likeness (QED) is 0.482. The first-order valence-corrected chi connectivity index (χ1v) is 10.8. The molecule has 2 aromatic heterocycles. The molecule has 7 heteroatoms. The summed E-state index contributed by atoms with van der Waals surface area (Å²) in [6, 6.07) is 16.3. The molecule has 0 atom stereocenters. The summed E-state index contributed by atoms with van der Waals surface area (Å²) < 4.78 is 3.64. The molecule has 164 valence electrons. The monoisotopic (exact) mass is 428 g/mol. The number of nitrogens with zero attached hydrogens (tertiary/aromatic N) is 5. The maximum Gasteiger partial charge on any atom is 0.329 e. The zero-order valence-corrected chi connectivity index (χ0v) is 18.9. The van der Waals surface area contributed by atoms with E-state index in [1.807, 2.05) is 55.8 Å². The molecule has 0 saturated carbocycles. The Kier molecular flexibility index (Phi) is 5.90. The smallest absolute Gasteiger partial charge is 0.293 e. The minimum atomic E-state index is -0.278. The molecule has 2 heterocycles. The Morgan fingerprint density at radius 3 is 2.38 bits per heavy atom. The Bertz CT molecular complexity index is 1270. The van der Waals surface area contributed by atoms with Crippen molar-refractivity contribution in [3.05, 3.63) is 82.5 Å². The summed E-state index contributed by atoms with van der Waals surface area (Å²) in [6.07, 6.45) is 6.98. The van der Waals surface area contributed by atoms with Gasteiger partial charge in [-0.15, -0.1) is 5.10 Å². The number of rotatable bonds is 6. The van der Waals surface area contributed by atoms with Crippen molar-refractivity contribution >= 4 is 6.08 Å². The van der Waals surface area contributed by atoms with Crippen LogP contribution in [0.3, 0.4) is 0 Å². The van der Waals surface area contributed by atoms with E-state index in [0.29, 0.717) is 12.4 Å². The molecule has 0 fully saturated rings. The van der Waals surface area contributed by atoms with Crippen LogP contribution in [0.25, 0.3) is 28.6 Å². The van der Waals surface area contributed by atoms with E-state index in [1.54, 1.807) is 4.57 Å². The topological polar surface area (TPSA) is 81.4 Å². The molecule has 0 amide bonds. The Balaban J connectivity index is 1.67. The number of allylic oxidation sites excluding steroid dienone is 1. The van der Waals surface area contributed by atoms with Crippen molar-refractivity contribution < 1.29 is 0 Å². The molecular weight excluding hydrogens is 400 g/mol. The van der Waals surface area contributed by atoms with E-state index < -0.39 is 0 Å². The molecule has 0 aliphatic heterocycles. The zero-order valence-electron chi connectivity index (χ0n) is 18.9. The van der Waals surface area contributed by atoms with Gasteiger partial charge in [0, 0.05) is 17.3 Å². The molecule has 0 saturated heterocycles. The molecule has 0 bridgehead atoms. The van der Waals surface area contributed by atoms with Gasteiger partial charge in [0.25, 0.3) is 0 Å². The van der Waals surface area contributed by atoms with Crippen LogP contribution in [-0.4, -0.2) is 29.8 Å². The molecule has 2 aromatic carbocycles. The van der Waals surface area contributed by atoms with Crippen LogP contribution in [0.4, 0.5) is 0 Å². The molecule has 1 N–H and O–H groups in total. The number of imidazole rings is 1. The molecule has 0 aliphatic carbocycles. The van der Waals surface area contributed by atoms with Crippen molar-refractivity contribution in [3.63, 3.8) is 0 Å². The van der Waals surface area contributed by atoms with E-state index in [-0.39, 0.29) is 11.2 Å². The molecule has 4 aromatic rings. The second kappa shape index (κ2) is 8.78. The molecule has 0 radical (unpaired) electrons. The normalized spacial score (nSPS) is 12.0. The van der Waals surface area contributed by atoms with Gasteiger partial charge in [-0.2, -0.15) is 0 Å². The number of nitrogens with one attached hydrogen (secondary N) is 1. The summed E-state index contributed by atoms with van der Waals surface area (Å²) in [5.74, 6) is 0.632. The van der Waals surface area contributed by atoms with Gasteiger partial charge in [-0.1, -0.05) is 61.5 Å². The molecule has 0 unspecified atom stereocenters. The van der Waals surface area contributed by atoms with Crippen LogP contribution in [0.1, 0.15) is 45.4 Å². The van der Waals surface area contributed by atoms with Crippen molar-refractivity contribution in [1.82, 2.24) is 29.8 Å². The van der Waals surface area contributed by atoms with E-state index in [0.717, 1.165) is 34.4 Å². The van der Waals surface area contributed by atoms with Crippen LogP contribution in [0.2, 0.25) is 0 Å². The highest BCUT2D eigenvalue weighted by Gasteiger charge is 2.20. The fourth-order valence-electron chi connectivity index (χ4n) is 3.70. The van der Waals surface area contributed by atoms with Crippen LogP contribution in [-0.2, 0) is 12.1 Å². The fraction of sp³-hybridized carbons (Fsp3) is 0.280. The predicted octanol–water partition coefficient (Wildman–Crippen LogP) is 4.72. The van der Waals surface area contributed by atoms with E-state index in [2.05, 4.69) is 64.0 Å². The van der Waals surface area contributed by atoms with Crippen LogP contribution < -0.4 is 5.69 Å². The molecule has 7 nitrogen and oxygen atoms in total. The van der Waals surface area contributed by atoms with E-state index in [1.165, 1.54) is 0 Å². The first kappa shape index (κ1) is 21.5. The van der Waals surface area contributed by atoms with Crippen molar-refractivity contribution in [3.8, 4) is 22.5 Å². The zero-order chi connectivity index (χ0) is 22.7. The van der Waals surface area contributed by atoms with Crippen molar-refractivity contribution in [2.45, 2.75) is 46.2 Å². The second-order valence-electron chi connectivity index (χ2n) is 8.77. The Hall–Kier alpha value is -3.74. The van der Waals surface area contributed by atoms with E-state index in [4.69, 9.17) is 0 Å². The number of hydrogen-bond donors (Lipinski definition) is 1. The van der Waals surface area contributed by atoms with Gasteiger partial charge in [0.2, 0.25) is 0 Å². The van der Waals surface area contributed by atoms with Crippen molar-refractivity contribution in [2.24, 2.45) is 0 Å². The highest BCUT2D eigenvalue weighted by molar-refractivity contribution is 5.80. The average Bonchev–Trinajstić information content (AvgIpc) is 3.42. The van der Waals surface area contributed by atoms with Gasteiger partial charge in [0.15, 0.2) is 5.82 Å². The van der Waals surface area contributed by atoms with Crippen LogP contribution in [0.5, 0.6) is 0 Å². The Morgan fingerprint density at radius 2 is 1.75 bits per heavy atom. The largest absolute Gasteiger partial charge is 0.329 e. The Labute approximate surface area is 187 Å². The van der Waals surface area contributed by atoms with Crippen LogP contribution in [0.15, 0.2) is 65.6 Å². The van der Waals surface area contributed by atoms with Crippen LogP contribution in [0, 0.1) is 0 Å². The van der Waals surface area contributed by atoms with Gasteiger partial charge in [-0.3, -0.25) is 9.13 Å². The summed E-state index contributed by atoms with van der Waals surface area (Å²) in [5, 5.41) is 14.3. The third kappa shape index (κ3) is 4.32. The summed E-state index contributed by atoms with van der Waals surface area (Å²) >= 11 is 0. The summed E-state index contributed by atoms with van der Waals surface area (Å²) in [4.78, 5) is 13.1. The maximum absolute atomic E-state index is 13.1. The number of hydrogen-bond acceptors (Lipinski definition) is 4. The number of tetrazole rings is 1. The van der Waals surface area contributed by atoms with Crippen molar-refractivity contribution in [1.29, 1.82) is 0 Å². The lowest BCUT2D eigenvalue weighted by atomic mass is 9.98. The minimum Gasteiger partial charge on any atom is -0.293 e. The van der Waals surface area contributed by atoms with Gasteiger partial charge >= 0.3 is 5.69 Å². The summed E-state index contributed by atoms with van der Waals surface area (Å²) in [6.45, 7) is 8.73. The third-order valence-electron chi connectivity index (χ3n) is 5.39. The maximum atomic E-state index is 13.1. The van der Waals surface area contributed by atoms with E-state index in [9.17, 15) is 4.79 Å². The summed E-state index contributed by atoms with van der Waals surface area (Å²) in [7, 11) is 0. The molecule has 32 heavy (non-hydrogen) atoms. The molecule has 0 spiro atoms. The van der Waals surface area contributed by atoms with Gasteiger partial charge in [-0.25, -0.2) is 9.89 Å². The fourth-order valence-corrected chi connectivity index (χ4v) is 3.70. The standard InChI is InChI=1S/C25H28N6O/c1-5-6-9-20-17-31(25(2,3)4)24(32)30(20)16-18-12-14-19(15-13-18)21-10-7-8-11-22(21)23-26-28-29-27-23/h6-15,17H,5,16H2,1-4H3,(H,26,27,28,29). The number of benzene rings is 2. The molecular formula is C25H28N6O. The average molecular weight is 429 g/mol. The first-order chi connectivity index (χ1) is 15.4. The SMILES string of the molecule is CCC=Cc1cn(C(C)(C)C)c(=O)n1Cc1ccc(-c2ccccc2-c2nnn[nH]2)cc1. The van der Waals surface area contributed by atoms with Crippen LogP contribution >= 0.6 is 0 Å². The number of H-pyrrole nitrogens is 1. The van der Waals surface area contributed by atoms with Gasteiger partial charge < -0.3 is 0 Å². The number of aromatic amines is 1. The van der Waals surface area contributed by atoms with Gasteiger partial charge in [0.1, 0.15) is 0 Å². The third-order valence-corrected chi connectivity index (χ3v) is 5.39. The van der Waals surface area contributed by atoms with Gasteiger partial charge in [-0.05, 0) is 60.4 Å². The first-order valence-electron chi connectivity index (χ1n) is 10.8. The van der Waals surface area contributed by atoms with E-state index >= 15 is 0 Å². The molecule has 4 rings (SSSR count). The predicted molar refractivity (Wildman–Crippen MR) is 127 cm³/mol. The Morgan fingerprint density at radius 1 is 1.03 bits per heavy atom. The molecule has 0 aliphatic rings. The second-order valence-corrected chi connectivity index (χ2v) is 8.77. The minimum absolute atomic E-state index is 0.000458. The lowest BCUT2D eigenvalue weighted by Gasteiger charge is -2.19. The van der Waals surface area contributed by atoms with Gasteiger partial charge in [0.05, 0.1) is 12.2 Å². The highest BCUT2D eigenvalue weighted by atomic mass is 16.1. The summed E-state index contributed by atoms with van der Waals surface area (Å²) in [5.41, 5.74) is 4.75. The lowest BCUT2D eigenvalue weighted by molar-refractivity contribution is 0.380. The number of aromatic nitrogens is 6. The lowest BCUT2D eigenvalue weighted by Crippen LogP contribution is -2.34. The van der Waals surface area contributed by atoms with Crippen molar-refractivity contribution in [2.75, 3.05) is 0 Å².